The Kier molecular flexibility index (Phi) is 6.23. The van der Waals surface area contributed by atoms with E-state index in [4.69, 9.17) is 9.15 Å². The number of thioether (sulfide) groups is 1. The third-order valence-electron chi connectivity index (χ3n) is 5.35. The van der Waals surface area contributed by atoms with E-state index in [1.165, 1.54) is 18.0 Å². The number of rotatable bonds is 6. The molecule has 2 heterocycles. The number of ketones is 1. The van der Waals surface area contributed by atoms with E-state index >= 15 is 0 Å². The summed E-state index contributed by atoms with van der Waals surface area (Å²) in [7, 11) is 1.56. The lowest BCUT2D eigenvalue weighted by molar-refractivity contribution is -0.122. The molecule has 2 atom stereocenters. The van der Waals surface area contributed by atoms with E-state index in [0.717, 1.165) is 12.1 Å². The highest BCUT2D eigenvalue weighted by molar-refractivity contribution is 8.03. The molecule has 1 unspecified atom stereocenters. The third kappa shape index (κ3) is 4.42. The van der Waals surface area contributed by atoms with E-state index in [0.29, 0.717) is 40.6 Å². The largest absolute Gasteiger partial charge is 0.497 e. The number of carbonyl (C=O) groups excluding carboxylic acids is 2. The highest BCUT2D eigenvalue weighted by Crippen LogP contribution is 2.45. The second-order valence-corrected chi connectivity index (χ2v) is 8.26. The molecule has 7 nitrogen and oxygen atoms in total. The first kappa shape index (κ1) is 20.9. The van der Waals surface area contributed by atoms with Gasteiger partial charge in [0.25, 0.3) is 0 Å². The number of allylic oxidation sites excluding steroid dienone is 1. The van der Waals surface area contributed by atoms with Crippen molar-refractivity contribution < 1.29 is 18.7 Å². The molecule has 0 radical (unpaired) electrons. The van der Waals surface area contributed by atoms with Gasteiger partial charge < -0.3 is 14.5 Å². The zero-order valence-corrected chi connectivity index (χ0v) is 17.8. The summed E-state index contributed by atoms with van der Waals surface area (Å²) in [5.41, 5.74) is 1.77. The van der Waals surface area contributed by atoms with Crippen LogP contribution in [0.4, 0.5) is 5.69 Å². The molecule has 1 amide bonds. The number of amides is 1. The second-order valence-electron chi connectivity index (χ2n) is 7.29. The van der Waals surface area contributed by atoms with Crippen molar-refractivity contribution in [2.45, 2.75) is 25.2 Å². The van der Waals surface area contributed by atoms with Crippen LogP contribution < -0.4 is 10.1 Å². The van der Waals surface area contributed by atoms with Crippen molar-refractivity contribution in [3.8, 4) is 11.8 Å². The first-order chi connectivity index (χ1) is 15.1. The van der Waals surface area contributed by atoms with Crippen LogP contribution in [0.15, 0.2) is 62.7 Å². The van der Waals surface area contributed by atoms with Gasteiger partial charge in [-0.25, -0.2) is 4.99 Å². The maximum atomic E-state index is 12.7. The van der Waals surface area contributed by atoms with Crippen molar-refractivity contribution in [3.05, 3.63) is 59.0 Å². The minimum atomic E-state index is -0.496. The molecule has 0 saturated heterocycles. The monoisotopic (exact) mass is 435 g/mol. The van der Waals surface area contributed by atoms with Gasteiger partial charge in [0, 0.05) is 23.9 Å². The third-order valence-corrected chi connectivity index (χ3v) is 6.34. The number of furan rings is 1. The highest BCUT2D eigenvalue weighted by atomic mass is 32.2. The average Bonchev–Trinajstić information content (AvgIpc) is 3.31. The number of ether oxygens (including phenoxy) is 1. The van der Waals surface area contributed by atoms with Crippen molar-refractivity contribution in [2.24, 2.45) is 10.9 Å². The molecule has 0 spiro atoms. The predicted octanol–water partition coefficient (Wildman–Crippen LogP) is 4.30. The van der Waals surface area contributed by atoms with Gasteiger partial charge in [-0.05, 0) is 37.1 Å². The van der Waals surface area contributed by atoms with E-state index in [1.54, 1.807) is 43.5 Å². The smallest absolute Gasteiger partial charge is 0.234 e. The Morgan fingerprint density at radius 1 is 1.32 bits per heavy atom. The van der Waals surface area contributed by atoms with Crippen molar-refractivity contribution in [2.75, 3.05) is 18.2 Å². The van der Waals surface area contributed by atoms with Crippen LogP contribution in [0.1, 0.15) is 30.9 Å². The maximum Gasteiger partial charge on any atom is 0.234 e. The number of Topliss-reactive ketones (excluding diaryl/α,β-unsaturated/α-hetero) is 1. The molecule has 2 aromatic rings. The summed E-state index contributed by atoms with van der Waals surface area (Å²) >= 11 is 1.20. The van der Waals surface area contributed by atoms with Gasteiger partial charge in [0.2, 0.25) is 5.91 Å². The van der Waals surface area contributed by atoms with Crippen LogP contribution in [0.25, 0.3) is 0 Å². The number of fused-ring (bicyclic) bond motifs is 1. The SMILES string of the molecule is COc1cccc(NC(=O)CSC2=C(C#N)[C@H](c3ccco3)C3C(=O)CCCC3=N2)c1. The van der Waals surface area contributed by atoms with Crippen LogP contribution in [-0.2, 0) is 9.59 Å². The second kappa shape index (κ2) is 9.23. The summed E-state index contributed by atoms with van der Waals surface area (Å²) in [5.74, 6) is 0.196. The number of nitrogens with one attached hydrogen (secondary N) is 1. The fourth-order valence-corrected chi connectivity index (χ4v) is 4.82. The topological polar surface area (TPSA) is 105 Å². The summed E-state index contributed by atoms with van der Waals surface area (Å²) in [6, 6.07) is 12.8. The number of aliphatic imine (C=N–C) groups is 1. The number of nitrogens with zero attached hydrogens (tertiary/aromatic N) is 2. The Morgan fingerprint density at radius 3 is 2.94 bits per heavy atom. The van der Waals surface area contributed by atoms with Crippen LogP contribution in [0, 0.1) is 17.2 Å². The molecular formula is C23H21N3O4S. The number of anilines is 1. The number of hydrogen-bond acceptors (Lipinski definition) is 7. The van der Waals surface area contributed by atoms with E-state index in [1.807, 2.05) is 0 Å². The zero-order valence-electron chi connectivity index (χ0n) is 17.0. The molecule has 8 heteroatoms. The lowest BCUT2D eigenvalue weighted by atomic mass is 9.72. The van der Waals surface area contributed by atoms with Crippen LogP contribution >= 0.6 is 11.8 Å². The highest BCUT2D eigenvalue weighted by Gasteiger charge is 2.43. The molecule has 1 aromatic heterocycles. The first-order valence-corrected chi connectivity index (χ1v) is 10.9. The minimum absolute atomic E-state index is 0.0813. The fourth-order valence-electron chi connectivity index (χ4n) is 3.97. The molecular weight excluding hydrogens is 414 g/mol. The lowest BCUT2D eigenvalue weighted by Crippen LogP contribution is -2.37. The van der Waals surface area contributed by atoms with Gasteiger partial charge in [-0.3, -0.25) is 9.59 Å². The van der Waals surface area contributed by atoms with Gasteiger partial charge in [0.1, 0.15) is 22.3 Å². The molecule has 0 bridgehead atoms. The molecule has 158 valence electrons. The Labute approximate surface area is 184 Å². The number of nitriles is 1. The van der Waals surface area contributed by atoms with Gasteiger partial charge >= 0.3 is 0 Å². The van der Waals surface area contributed by atoms with E-state index < -0.39 is 11.8 Å². The minimum Gasteiger partial charge on any atom is -0.497 e. The molecule has 1 aromatic carbocycles. The van der Waals surface area contributed by atoms with Crippen molar-refractivity contribution in [1.29, 1.82) is 5.26 Å². The van der Waals surface area contributed by atoms with Gasteiger partial charge in [0.05, 0.1) is 42.6 Å². The maximum absolute atomic E-state index is 12.7. The van der Waals surface area contributed by atoms with Gasteiger partial charge in [0.15, 0.2) is 0 Å². The molecule has 2 aliphatic rings. The summed E-state index contributed by atoms with van der Waals surface area (Å²) in [6.45, 7) is 0. The van der Waals surface area contributed by atoms with Crippen molar-refractivity contribution >= 4 is 34.9 Å². The number of carbonyl (C=O) groups is 2. The quantitative estimate of drug-likeness (QED) is 0.725. The van der Waals surface area contributed by atoms with Gasteiger partial charge in [-0.15, -0.1) is 0 Å². The Balaban J connectivity index is 1.56. The van der Waals surface area contributed by atoms with Crippen molar-refractivity contribution in [3.63, 3.8) is 0 Å². The molecule has 1 saturated carbocycles. The van der Waals surface area contributed by atoms with Crippen LogP contribution in [0.5, 0.6) is 5.75 Å². The molecule has 1 aliphatic heterocycles. The Bertz CT molecular complexity index is 1100. The Morgan fingerprint density at radius 2 is 2.19 bits per heavy atom. The summed E-state index contributed by atoms with van der Waals surface area (Å²) in [6.07, 6.45) is 3.46. The summed E-state index contributed by atoms with van der Waals surface area (Å²) in [5, 5.41) is 13.2. The number of hydrogen-bond donors (Lipinski definition) is 1. The molecule has 1 fully saturated rings. The molecule has 4 rings (SSSR count). The fraction of sp³-hybridized carbons (Fsp3) is 0.304. The summed E-state index contributed by atoms with van der Waals surface area (Å²) in [4.78, 5) is 29.8. The van der Waals surface area contributed by atoms with Gasteiger partial charge in [-0.2, -0.15) is 5.26 Å². The normalized spacial score (nSPS) is 20.5. The lowest BCUT2D eigenvalue weighted by Gasteiger charge is -2.33. The molecule has 1 N–H and O–H groups in total. The average molecular weight is 436 g/mol. The molecule has 31 heavy (non-hydrogen) atoms. The standard InChI is InChI=1S/C23H21N3O4S/c1-29-15-6-2-5-14(11-15)25-20(28)13-31-23-16(12-24)21(19-9-4-10-30-19)22-17(26-23)7-3-8-18(22)27/h2,4-6,9-11,21-22H,3,7-8,13H2,1H3,(H,25,28)/t21-,22?/m1/s1. The summed E-state index contributed by atoms with van der Waals surface area (Å²) < 4.78 is 10.8. The molecule has 1 aliphatic carbocycles. The zero-order chi connectivity index (χ0) is 21.8. The number of benzene rings is 1. The van der Waals surface area contributed by atoms with Crippen LogP contribution in [0.3, 0.4) is 0 Å². The van der Waals surface area contributed by atoms with E-state index in [-0.39, 0.29) is 17.4 Å². The van der Waals surface area contributed by atoms with Crippen LogP contribution in [0.2, 0.25) is 0 Å². The van der Waals surface area contributed by atoms with E-state index in [9.17, 15) is 14.9 Å². The van der Waals surface area contributed by atoms with E-state index in [2.05, 4.69) is 16.4 Å². The Hall–Kier alpha value is -3.31. The van der Waals surface area contributed by atoms with Crippen LogP contribution in [-0.4, -0.2) is 30.3 Å². The van der Waals surface area contributed by atoms with Crippen molar-refractivity contribution in [1.82, 2.24) is 0 Å². The predicted molar refractivity (Wildman–Crippen MR) is 118 cm³/mol. The first-order valence-electron chi connectivity index (χ1n) is 9.95. The number of methoxy groups -OCH3 is 1. The van der Waals surface area contributed by atoms with Gasteiger partial charge in [-0.1, -0.05) is 17.8 Å².